The van der Waals surface area contributed by atoms with Crippen molar-refractivity contribution in [3.8, 4) is 0 Å². The number of carbonyl (C=O) groups is 1. The molecule has 37 heavy (non-hydrogen) atoms. The number of aromatic nitrogens is 1. The van der Waals surface area contributed by atoms with Crippen molar-refractivity contribution in [3.63, 3.8) is 0 Å². The molecule has 0 radical (unpaired) electrons. The second kappa shape index (κ2) is 12.2. The van der Waals surface area contributed by atoms with Crippen molar-refractivity contribution in [2.24, 2.45) is 0 Å². The van der Waals surface area contributed by atoms with Gasteiger partial charge < -0.3 is 20.1 Å². The lowest BCUT2D eigenvalue weighted by Gasteiger charge is -2.48. The standard InChI is InChI=1S/C29H37F2N3O3/c1-29(2)18-23-21-7-3-4-8-25(21)33-27(23)28(34(29)15-5-9-26(35)36)22-17-20(10-11-24(22)31)19-37-16-14-32-13-6-12-30/h3-4,7-8,10-11,17,28,32-33H,5-6,9,12-16,18-19H2,1-2H3,(H,35,36)/t28-/m1/s1. The molecule has 4 rings (SSSR count). The summed E-state index contributed by atoms with van der Waals surface area (Å²) in [6.45, 7) is 6.54. The highest BCUT2D eigenvalue weighted by Gasteiger charge is 2.42. The van der Waals surface area contributed by atoms with Crippen LogP contribution in [0.1, 0.15) is 61.5 Å². The second-order valence-electron chi connectivity index (χ2n) is 10.3. The van der Waals surface area contributed by atoms with Gasteiger partial charge in [0.1, 0.15) is 5.82 Å². The quantitative estimate of drug-likeness (QED) is 0.268. The van der Waals surface area contributed by atoms with E-state index in [-0.39, 0.29) is 30.5 Å². The number of halogens is 2. The van der Waals surface area contributed by atoms with E-state index in [9.17, 15) is 14.3 Å². The molecule has 2 aromatic carbocycles. The number of hydrogen-bond acceptors (Lipinski definition) is 4. The Morgan fingerprint density at radius 3 is 2.81 bits per heavy atom. The molecule has 1 aromatic heterocycles. The van der Waals surface area contributed by atoms with Crippen LogP contribution in [-0.2, 0) is 22.6 Å². The van der Waals surface area contributed by atoms with Crippen LogP contribution < -0.4 is 5.32 Å². The number of alkyl halides is 1. The van der Waals surface area contributed by atoms with Crippen LogP contribution in [0.3, 0.4) is 0 Å². The first-order valence-corrected chi connectivity index (χ1v) is 13.0. The van der Waals surface area contributed by atoms with Gasteiger partial charge in [-0.25, -0.2) is 4.39 Å². The van der Waals surface area contributed by atoms with E-state index in [2.05, 4.69) is 35.1 Å². The van der Waals surface area contributed by atoms with Crippen LogP contribution in [-0.4, -0.2) is 59.4 Å². The number of hydrogen-bond donors (Lipinski definition) is 3. The maximum Gasteiger partial charge on any atom is 0.303 e. The summed E-state index contributed by atoms with van der Waals surface area (Å²) in [7, 11) is 0. The molecule has 200 valence electrons. The number of carboxylic acid groups (broad SMARTS) is 1. The summed E-state index contributed by atoms with van der Waals surface area (Å²) in [6.07, 6.45) is 1.80. The summed E-state index contributed by atoms with van der Waals surface area (Å²) in [6, 6.07) is 12.9. The largest absolute Gasteiger partial charge is 0.481 e. The number of rotatable bonds is 13. The molecule has 0 fully saturated rings. The van der Waals surface area contributed by atoms with Gasteiger partial charge in [-0.2, -0.15) is 0 Å². The molecule has 1 aliphatic heterocycles. The van der Waals surface area contributed by atoms with Crippen LogP contribution in [0.2, 0.25) is 0 Å². The van der Waals surface area contributed by atoms with Crippen molar-refractivity contribution in [1.29, 1.82) is 0 Å². The number of H-pyrrole nitrogens is 1. The number of ether oxygens (including phenoxy) is 1. The third-order valence-corrected chi connectivity index (χ3v) is 7.14. The zero-order valence-electron chi connectivity index (χ0n) is 21.7. The lowest BCUT2D eigenvalue weighted by Crippen LogP contribution is -2.52. The summed E-state index contributed by atoms with van der Waals surface area (Å²) in [5.41, 5.74) is 4.27. The fraction of sp³-hybridized carbons (Fsp3) is 0.483. The smallest absolute Gasteiger partial charge is 0.303 e. The molecule has 0 saturated heterocycles. The number of fused-ring (bicyclic) bond motifs is 3. The Morgan fingerprint density at radius 2 is 2.03 bits per heavy atom. The number of aromatic amines is 1. The monoisotopic (exact) mass is 513 g/mol. The molecular formula is C29H37F2N3O3. The number of nitrogens with one attached hydrogen (secondary N) is 2. The van der Waals surface area contributed by atoms with Crippen molar-refractivity contribution < 1.29 is 23.4 Å². The molecule has 1 atom stereocenters. The summed E-state index contributed by atoms with van der Waals surface area (Å²) >= 11 is 0. The molecular weight excluding hydrogens is 476 g/mol. The van der Waals surface area contributed by atoms with Gasteiger partial charge in [-0.1, -0.05) is 24.3 Å². The Labute approximate surface area is 217 Å². The molecule has 0 spiro atoms. The Bertz CT molecular complexity index is 1210. The van der Waals surface area contributed by atoms with Crippen LogP contribution >= 0.6 is 0 Å². The molecule has 0 aliphatic carbocycles. The fourth-order valence-electron chi connectivity index (χ4n) is 5.38. The molecule has 3 N–H and O–H groups in total. The average Bonchev–Trinajstić information content (AvgIpc) is 3.22. The van der Waals surface area contributed by atoms with E-state index in [0.717, 1.165) is 28.6 Å². The predicted molar refractivity (Wildman–Crippen MR) is 141 cm³/mol. The highest BCUT2D eigenvalue weighted by atomic mass is 19.1. The Kier molecular flexibility index (Phi) is 8.95. The van der Waals surface area contributed by atoms with Crippen molar-refractivity contribution >= 4 is 16.9 Å². The van der Waals surface area contributed by atoms with E-state index < -0.39 is 5.97 Å². The zero-order valence-corrected chi connectivity index (χ0v) is 21.7. The van der Waals surface area contributed by atoms with Gasteiger partial charge in [0.05, 0.1) is 25.9 Å². The molecule has 0 saturated carbocycles. The van der Waals surface area contributed by atoms with Crippen molar-refractivity contribution in [2.45, 2.75) is 57.7 Å². The SMILES string of the molecule is CC1(C)Cc2c([nH]c3ccccc23)[C@@H](c2cc(COCCNCCCF)ccc2F)N1CCCC(=O)O. The van der Waals surface area contributed by atoms with E-state index in [1.807, 2.05) is 24.3 Å². The van der Waals surface area contributed by atoms with Gasteiger partial charge in [-0.3, -0.25) is 14.1 Å². The molecule has 0 unspecified atom stereocenters. The van der Waals surface area contributed by atoms with Gasteiger partial charge >= 0.3 is 5.97 Å². The number of nitrogens with zero attached hydrogens (tertiary/aromatic N) is 1. The first kappa shape index (κ1) is 27.2. The van der Waals surface area contributed by atoms with Gasteiger partial charge in [0.2, 0.25) is 0 Å². The number of aliphatic carboxylic acids is 1. The minimum absolute atomic E-state index is 0.0641. The molecule has 0 amide bonds. The number of carboxylic acids is 1. The highest BCUT2D eigenvalue weighted by molar-refractivity contribution is 5.85. The second-order valence-corrected chi connectivity index (χ2v) is 10.3. The Morgan fingerprint density at radius 1 is 1.22 bits per heavy atom. The Balaban J connectivity index is 1.65. The average molecular weight is 514 g/mol. The van der Waals surface area contributed by atoms with E-state index in [0.29, 0.717) is 51.3 Å². The van der Waals surface area contributed by atoms with E-state index >= 15 is 4.39 Å². The van der Waals surface area contributed by atoms with Crippen molar-refractivity contribution in [2.75, 3.05) is 32.9 Å². The van der Waals surface area contributed by atoms with Gasteiger partial charge in [0.25, 0.3) is 0 Å². The summed E-state index contributed by atoms with van der Waals surface area (Å²) in [5.74, 6) is -1.13. The summed E-state index contributed by atoms with van der Waals surface area (Å²) in [4.78, 5) is 17.1. The molecule has 1 aliphatic rings. The molecule has 2 heterocycles. The molecule has 8 heteroatoms. The van der Waals surface area contributed by atoms with E-state index in [1.165, 1.54) is 11.6 Å². The maximum atomic E-state index is 15.5. The predicted octanol–water partition coefficient (Wildman–Crippen LogP) is 5.36. The van der Waals surface area contributed by atoms with Gasteiger partial charge in [-0.05, 0) is 69.0 Å². The van der Waals surface area contributed by atoms with Crippen molar-refractivity contribution in [3.05, 3.63) is 70.7 Å². The third kappa shape index (κ3) is 6.37. The molecule has 0 bridgehead atoms. The first-order chi connectivity index (χ1) is 17.8. The molecule has 6 nitrogen and oxygen atoms in total. The minimum atomic E-state index is -0.831. The normalized spacial score (nSPS) is 17.2. The lowest BCUT2D eigenvalue weighted by atomic mass is 9.81. The zero-order chi connectivity index (χ0) is 26.4. The topological polar surface area (TPSA) is 77.6 Å². The highest BCUT2D eigenvalue weighted by Crippen LogP contribution is 2.45. The minimum Gasteiger partial charge on any atom is -0.481 e. The van der Waals surface area contributed by atoms with Crippen LogP contribution in [0, 0.1) is 5.82 Å². The van der Waals surface area contributed by atoms with E-state index in [1.54, 1.807) is 6.07 Å². The van der Waals surface area contributed by atoms with Crippen molar-refractivity contribution in [1.82, 2.24) is 15.2 Å². The van der Waals surface area contributed by atoms with Gasteiger partial charge in [-0.15, -0.1) is 0 Å². The van der Waals surface area contributed by atoms with Crippen LogP contribution in [0.4, 0.5) is 8.78 Å². The lowest BCUT2D eigenvalue weighted by molar-refractivity contribution is -0.137. The maximum absolute atomic E-state index is 15.5. The summed E-state index contributed by atoms with van der Waals surface area (Å²) in [5, 5.41) is 13.5. The number of benzene rings is 2. The van der Waals surface area contributed by atoms with Gasteiger partial charge in [0.15, 0.2) is 0 Å². The Hall–Kier alpha value is -2.81. The number of para-hydroxylation sites is 1. The van der Waals surface area contributed by atoms with Crippen LogP contribution in [0.5, 0.6) is 0 Å². The molecule has 3 aromatic rings. The van der Waals surface area contributed by atoms with E-state index in [4.69, 9.17) is 4.74 Å². The third-order valence-electron chi connectivity index (χ3n) is 7.14. The van der Waals surface area contributed by atoms with Gasteiger partial charge in [0, 0.05) is 47.2 Å². The summed E-state index contributed by atoms with van der Waals surface area (Å²) < 4.78 is 33.5. The fourth-order valence-corrected chi connectivity index (χ4v) is 5.38. The van der Waals surface area contributed by atoms with Crippen LogP contribution in [0.25, 0.3) is 10.9 Å². The van der Waals surface area contributed by atoms with Crippen LogP contribution in [0.15, 0.2) is 42.5 Å². The first-order valence-electron chi connectivity index (χ1n) is 13.0.